The van der Waals surface area contributed by atoms with Crippen molar-refractivity contribution in [3.8, 4) is 0 Å². The quantitative estimate of drug-likeness (QED) is 0.870. The molecular formula is C14H21ClN2O3S. The number of nitrogens with one attached hydrogen (secondary N) is 2. The number of carbonyl (C=O) groups is 1. The van der Waals surface area contributed by atoms with Gasteiger partial charge in [0.2, 0.25) is 5.91 Å². The maximum Gasteiger partial charge on any atom is 0.237 e. The molecule has 0 bridgehead atoms. The molecular weight excluding hydrogens is 312 g/mol. The van der Waals surface area contributed by atoms with Crippen LogP contribution in [0.2, 0.25) is 0 Å². The number of benzene rings is 1. The predicted octanol–water partition coefficient (Wildman–Crippen LogP) is 1.27. The summed E-state index contributed by atoms with van der Waals surface area (Å²) in [5, 5.41) is 6.07. The molecule has 0 saturated carbocycles. The van der Waals surface area contributed by atoms with Gasteiger partial charge in [-0.2, -0.15) is 0 Å². The van der Waals surface area contributed by atoms with Gasteiger partial charge >= 0.3 is 0 Å². The van der Waals surface area contributed by atoms with E-state index < -0.39 is 9.84 Å². The Hall–Kier alpha value is -1.11. The number of hydrogen-bond donors (Lipinski definition) is 2. The van der Waals surface area contributed by atoms with E-state index in [2.05, 4.69) is 10.6 Å². The van der Waals surface area contributed by atoms with E-state index in [1.165, 1.54) is 6.26 Å². The molecule has 2 N–H and O–H groups in total. The number of rotatable bonds is 4. The smallest absolute Gasteiger partial charge is 0.237 e. The number of piperidine rings is 1. The zero-order valence-electron chi connectivity index (χ0n) is 12.0. The van der Waals surface area contributed by atoms with Gasteiger partial charge in [0.25, 0.3) is 0 Å². The highest BCUT2D eigenvalue weighted by Crippen LogP contribution is 2.11. The lowest BCUT2D eigenvalue weighted by Gasteiger charge is -2.22. The lowest BCUT2D eigenvalue weighted by molar-refractivity contribution is -0.123. The van der Waals surface area contributed by atoms with Crippen LogP contribution in [0.1, 0.15) is 24.8 Å². The zero-order chi connectivity index (χ0) is 14.6. The molecule has 1 saturated heterocycles. The highest BCUT2D eigenvalue weighted by molar-refractivity contribution is 7.90. The minimum absolute atomic E-state index is 0. The number of halogens is 1. The van der Waals surface area contributed by atoms with Crippen molar-refractivity contribution in [2.75, 3.05) is 12.8 Å². The normalized spacial score (nSPS) is 18.6. The van der Waals surface area contributed by atoms with Crippen molar-refractivity contribution in [1.29, 1.82) is 0 Å². The van der Waals surface area contributed by atoms with Crippen LogP contribution in [0.15, 0.2) is 29.2 Å². The Morgan fingerprint density at radius 1 is 1.29 bits per heavy atom. The lowest BCUT2D eigenvalue weighted by atomic mass is 10.0. The van der Waals surface area contributed by atoms with Gasteiger partial charge in [0.1, 0.15) is 0 Å². The Bertz CT molecular complexity index is 566. The molecule has 0 unspecified atom stereocenters. The molecule has 1 aliphatic rings. The molecule has 21 heavy (non-hydrogen) atoms. The van der Waals surface area contributed by atoms with Gasteiger partial charge in [0.05, 0.1) is 10.9 Å². The van der Waals surface area contributed by atoms with Crippen LogP contribution in [0.5, 0.6) is 0 Å². The maximum atomic E-state index is 11.9. The molecule has 1 amide bonds. The fraction of sp³-hybridized carbons (Fsp3) is 0.500. The summed E-state index contributed by atoms with van der Waals surface area (Å²) in [5.74, 6) is 0.0110. The van der Waals surface area contributed by atoms with E-state index in [0.29, 0.717) is 11.4 Å². The maximum absolute atomic E-state index is 11.9. The molecule has 1 aromatic rings. The van der Waals surface area contributed by atoms with Crippen molar-refractivity contribution >= 4 is 28.2 Å². The first kappa shape index (κ1) is 17.9. The molecule has 1 aromatic carbocycles. The van der Waals surface area contributed by atoms with Gasteiger partial charge in [0.15, 0.2) is 9.84 Å². The number of amides is 1. The molecule has 0 aliphatic carbocycles. The van der Waals surface area contributed by atoms with Gasteiger partial charge in [-0.1, -0.05) is 18.6 Å². The fourth-order valence-corrected chi connectivity index (χ4v) is 2.87. The molecule has 5 nitrogen and oxygen atoms in total. The summed E-state index contributed by atoms with van der Waals surface area (Å²) in [4.78, 5) is 12.2. The standard InChI is InChI=1S/C14H20N2O3S.ClH/c1-20(18,19)12-7-5-11(6-8-12)10-16-14(17)13-4-2-3-9-15-13;/h5-8,13,15H,2-4,9-10H2,1H3,(H,16,17);1H/t13-;/m0./s1. The van der Waals surface area contributed by atoms with Crippen molar-refractivity contribution in [3.63, 3.8) is 0 Å². The number of hydrogen-bond acceptors (Lipinski definition) is 4. The van der Waals surface area contributed by atoms with Crippen molar-refractivity contribution in [1.82, 2.24) is 10.6 Å². The largest absolute Gasteiger partial charge is 0.351 e. The van der Waals surface area contributed by atoms with E-state index >= 15 is 0 Å². The first-order valence-corrected chi connectivity index (χ1v) is 8.66. The first-order valence-electron chi connectivity index (χ1n) is 6.77. The summed E-state index contributed by atoms with van der Waals surface area (Å²) < 4.78 is 22.7. The topological polar surface area (TPSA) is 75.3 Å². The van der Waals surface area contributed by atoms with E-state index in [4.69, 9.17) is 0 Å². The number of carbonyl (C=O) groups excluding carboxylic acids is 1. The molecule has 1 heterocycles. The van der Waals surface area contributed by atoms with Crippen LogP contribution in [-0.2, 0) is 21.2 Å². The van der Waals surface area contributed by atoms with E-state index in [1.807, 2.05) is 0 Å². The second-order valence-electron chi connectivity index (χ2n) is 5.14. The number of sulfone groups is 1. The van der Waals surface area contributed by atoms with Gasteiger partial charge < -0.3 is 10.6 Å². The molecule has 0 aromatic heterocycles. The molecule has 1 aliphatic heterocycles. The van der Waals surface area contributed by atoms with Crippen molar-refractivity contribution < 1.29 is 13.2 Å². The van der Waals surface area contributed by atoms with Gasteiger partial charge in [-0.05, 0) is 37.1 Å². The highest BCUT2D eigenvalue weighted by atomic mass is 35.5. The monoisotopic (exact) mass is 332 g/mol. The van der Waals surface area contributed by atoms with E-state index in [9.17, 15) is 13.2 Å². The third-order valence-electron chi connectivity index (χ3n) is 3.45. The lowest BCUT2D eigenvalue weighted by Crippen LogP contribution is -2.46. The molecule has 0 radical (unpaired) electrons. The highest BCUT2D eigenvalue weighted by Gasteiger charge is 2.19. The van der Waals surface area contributed by atoms with Gasteiger partial charge in [-0.3, -0.25) is 4.79 Å². The van der Waals surface area contributed by atoms with Crippen LogP contribution < -0.4 is 10.6 Å². The van der Waals surface area contributed by atoms with E-state index in [1.54, 1.807) is 24.3 Å². The summed E-state index contributed by atoms with van der Waals surface area (Å²) in [6.07, 6.45) is 4.25. The minimum Gasteiger partial charge on any atom is -0.351 e. The van der Waals surface area contributed by atoms with Gasteiger partial charge in [-0.15, -0.1) is 12.4 Å². The molecule has 1 fully saturated rings. The Morgan fingerprint density at radius 3 is 2.48 bits per heavy atom. The predicted molar refractivity (Wildman–Crippen MR) is 84.3 cm³/mol. The molecule has 118 valence electrons. The van der Waals surface area contributed by atoms with Crippen molar-refractivity contribution in [2.24, 2.45) is 0 Å². The van der Waals surface area contributed by atoms with Gasteiger partial charge in [0, 0.05) is 12.8 Å². The summed E-state index contributed by atoms with van der Waals surface area (Å²) in [5.41, 5.74) is 0.890. The van der Waals surface area contributed by atoms with Crippen LogP contribution in [-0.4, -0.2) is 33.2 Å². The fourth-order valence-electron chi connectivity index (χ4n) is 2.24. The van der Waals surface area contributed by atoms with E-state index in [0.717, 1.165) is 31.4 Å². The van der Waals surface area contributed by atoms with Crippen molar-refractivity contribution in [2.45, 2.75) is 36.7 Å². The Morgan fingerprint density at radius 2 is 1.95 bits per heavy atom. The van der Waals surface area contributed by atoms with E-state index in [-0.39, 0.29) is 24.4 Å². The Balaban J connectivity index is 0.00000220. The van der Waals surface area contributed by atoms with Crippen LogP contribution in [0, 0.1) is 0 Å². The Labute approximate surface area is 131 Å². The first-order chi connectivity index (χ1) is 9.47. The average Bonchev–Trinajstić information content (AvgIpc) is 2.45. The zero-order valence-corrected chi connectivity index (χ0v) is 13.6. The third-order valence-corrected chi connectivity index (χ3v) is 4.57. The third kappa shape index (κ3) is 5.30. The molecule has 2 rings (SSSR count). The summed E-state index contributed by atoms with van der Waals surface area (Å²) in [7, 11) is -3.17. The molecule has 1 atom stereocenters. The summed E-state index contributed by atoms with van der Waals surface area (Å²) >= 11 is 0. The second-order valence-corrected chi connectivity index (χ2v) is 7.15. The van der Waals surface area contributed by atoms with Crippen LogP contribution in [0.25, 0.3) is 0 Å². The molecule has 7 heteroatoms. The summed E-state index contributed by atoms with van der Waals surface area (Å²) in [6.45, 7) is 1.31. The van der Waals surface area contributed by atoms with Gasteiger partial charge in [-0.25, -0.2) is 8.42 Å². The Kier molecular flexibility index (Phi) is 6.64. The average molecular weight is 333 g/mol. The molecule has 0 spiro atoms. The minimum atomic E-state index is -3.17. The SMILES string of the molecule is CS(=O)(=O)c1ccc(CNC(=O)[C@@H]2CCCCN2)cc1.Cl. The van der Waals surface area contributed by atoms with Crippen LogP contribution in [0.3, 0.4) is 0 Å². The van der Waals surface area contributed by atoms with Crippen LogP contribution in [0.4, 0.5) is 0 Å². The van der Waals surface area contributed by atoms with Crippen LogP contribution >= 0.6 is 12.4 Å². The summed E-state index contributed by atoms with van der Waals surface area (Å²) in [6, 6.07) is 6.49. The van der Waals surface area contributed by atoms with Crippen molar-refractivity contribution in [3.05, 3.63) is 29.8 Å². The second kappa shape index (κ2) is 7.77.